The van der Waals surface area contributed by atoms with Crippen molar-refractivity contribution in [3.63, 3.8) is 0 Å². The van der Waals surface area contributed by atoms with E-state index >= 15 is 0 Å². The van der Waals surface area contributed by atoms with Crippen molar-refractivity contribution in [2.45, 2.75) is 5.92 Å². The Bertz CT molecular complexity index is 1920. The summed E-state index contributed by atoms with van der Waals surface area (Å²) in [5, 5.41) is 6.71. The first-order chi connectivity index (χ1) is 19.7. The van der Waals surface area contributed by atoms with Crippen LogP contribution in [-0.2, 0) is 0 Å². The molecule has 0 saturated heterocycles. The lowest BCUT2D eigenvalue weighted by Gasteiger charge is -2.31. The van der Waals surface area contributed by atoms with Gasteiger partial charge in [-0.25, -0.2) is 0 Å². The standard InChI is InChI=1S/C37H24O3/c1-3-19-38-29-15-11-25-13-17-33-36(31(25)22-29)35(28-10-9-24-7-5-6-8-27(24)21-28)37-32-23-30(39-20-4-2)16-12-26(32)14-18-34(37)40-33/h1-2,5-18,21-23,35H,19-20H2. The van der Waals surface area contributed by atoms with Crippen molar-refractivity contribution in [1.82, 2.24) is 0 Å². The van der Waals surface area contributed by atoms with E-state index < -0.39 is 0 Å². The average molecular weight is 517 g/mol. The smallest absolute Gasteiger partial charge is 0.148 e. The number of fused-ring (bicyclic) bond motifs is 7. The van der Waals surface area contributed by atoms with Crippen LogP contribution in [0.4, 0.5) is 0 Å². The van der Waals surface area contributed by atoms with E-state index in [-0.39, 0.29) is 19.1 Å². The molecule has 0 atom stereocenters. The molecule has 0 spiro atoms. The van der Waals surface area contributed by atoms with Crippen LogP contribution in [0.15, 0.2) is 103 Å². The van der Waals surface area contributed by atoms with Crippen LogP contribution in [0.2, 0.25) is 0 Å². The third-order valence-corrected chi connectivity index (χ3v) is 7.54. The molecule has 7 rings (SSSR count). The fourth-order valence-electron chi connectivity index (χ4n) is 5.79. The first kappa shape index (κ1) is 23.7. The zero-order valence-corrected chi connectivity index (χ0v) is 21.7. The van der Waals surface area contributed by atoms with Crippen LogP contribution >= 0.6 is 0 Å². The molecule has 0 bridgehead atoms. The zero-order valence-electron chi connectivity index (χ0n) is 21.7. The summed E-state index contributed by atoms with van der Waals surface area (Å²) in [6.45, 7) is 0.415. The van der Waals surface area contributed by atoms with Gasteiger partial charge in [0.15, 0.2) is 0 Å². The molecule has 3 nitrogen and oxygen atoms in total. The van der Waals surface area contributed by atoms with Gasteiger partial charge in [-0.05, 0) is 74.3 Å². The SMILES string of the molecule is C#CCOc1ccc2ccc3c(c2c1)C(c1ccc2ccccc2c1)c1c(ccc2ccc(OCC#C)cc12)O3. The van der Waals surface area contributed by atoms with Crippen LogP contribution in [0.25, 0.3) is 32.3 Å². The molecule has 190 valence electrons. The number of rotatable bonds is 5. The molecule has 0 fully saturated rings. The molecule has 0 amide bonds. The lowest BCUT2D eigenvalue weighted by atomic mass is 9.78. The van der Waals surface area contributed by atoms with Crippen molar-refractivity contribution in [1.29, 1.82) is 0 Å². The van der Waals surface area contributed by atoms with Crippen LogP contribution in [-0.4, -0.2) is 13.2 Å². The summed E-state index contributed by atoms with van der Waals surface area (Å²) in [6, 6.07) is 35.6. The van der Waals surface area contributed by atoms with E-state index in [9.17, 15) is 0 Å². The van der Waals surface area contributed by atoms with Gasteiger partial charge in [0.05, 0.1) is 0 Å². The monoisotopic (exact) mass is 516 g/mol. The molecule has 0 N–H and O–H groups in total. The Hall–Kier alpha value is -5.38. The summed E-state index contributed by atoms with van der Waals surface area (Å²) in [6.07, 6.45) is 11.0. The minimum absolute atomic E-state index is 0.110. The molecule has 0 radical (unpaired) electrons. The highest BCUT2D eigenvalue weighted by Crippen LogP contribution is 2.53. The maximum atomic E-state index is 6.63. The first-order valence-corrected chi connectivity index (χ1v) is 13.2. The number of hydrogen-bond acceptors (Lipinski definition) is 3. The van der Waals surface area contributed by atoms with Crippen molar-refractivity contribution >= 4 is 32.3 Å². The molecule has 6 aromatic carbocycles. The van der Waals surface area contributed by atoms with Crippen LogP contribution in [0, 0.1) is 24.7 Å². The van der Waals surface area contributed by atoms with Gasteiger partial charge in [-0.15, -0.1) is 12.8 Å². The molecule has 6 aromatic rings. The van der Waals surface area contributed by atoms with E-state index in [0.717, 1.165) is 55.7 Å². The van der Waals surface area contributed by atoms with Gasteiger partial charge in [0.25, 0.3) is 0 Å². The quantitative estimate of drug-likeness (QED) is 0.215. The lowest BCUT2D eigenvalue weighted by molar-refractivity contribution is 0.371. The number of terminal acetylenes is 2. The summed E-state index contributed by atoms with van der Waals surface area (Å²) in [4.78, 5) is 0. The van der Waals surface area contributed by atoms with Crippen molar-refractivity contribution in [3.05, 3.63) is 120 Å². The Morgan fingerprint density at radius 1 is 0.575 bits per heavy atom. The van der Waals surface area contributed by atoms with E-state index in [1.54, 1.807) is 0 Å². The first-order valence-electron chi connectivity index (χ1n) is 13.2. The molecule has 1 aliphatic rings. The van der Waals surface area contributed by atoms with Gasteiger partial charge in [-0.3, -0.25) is 0 Å². The summed E-state index contributed by atoms with van der Waals surface area (Å²) in [5.74, 6) is 8.11. The van der Waals surface area contributed by atoms with Gasteiger partial charge in [0.1, 0.15) is 36.2 Å². The van der Waals surface area contributed by atoms with E-state index in [2.05, 4.69) is 103 Å². The van der Waals surface area contributed by atoms with Crippen molar-refractivity contribution in [2.75, 3.05) is 13.2 Å². The van der Waals surface area contributed by atoms with Crippen molar-refractivity contribution in [2.24, 2.45) is 0 Å². The fourth-order valence-corrected chi connectivity index (χ4v) is 5.79. The summed E-state index contributed by atoms with van der Waals surface area (Å²) < 4.78 is 18.3. The molecule has 1 heterocycles. The number of ether oxygens (including phenoxy) is 3. The second kappa shape index (κ2) is 9.73. The van der Waals surface area contributed by atoms with Crippen LogP contribution in [0.1, 0.15) is 22.6 Å². The minimum atomic E-state index is -0.110. The van der Waals surface area contributed by atoms with Gasteiger partial charge < -0.3 is 14.2 Å². The molecular formula is C37H24O3. The highest BCUT2D eigenvalue weighted by molar-refractivity contribution is 5.96. The van der Waals surface area contributed by atoms with Crippen LogP contribution in [0.5, 0.6) is 23.0 Å². The third kappa shape index (κ3) is 3.97. The summed E-state index contributed by atoms with van der Waals surface area (Å²) in [5.41, 5.74) is 3.36. The predicted molar refractivity (Wildman–Crippen MR) is 162 cm³/mol. The van der Waals surface area contributed by atoms with E-state index in [1.165, 1.54) is 16.3 Å². The maximum absolute atomic E-state index is 6.63. The Labute approximate surface area is 232 Å². The fraction of sp³-hybridized carbons (Fsp3) is 0.0811. The van der Waals surface area contributed by atoms with Gasteiger partial charge in [-0.1, -0.05) is 78.6 Å². The molecule has 3 heteroatoms. The highest BCUT2D eigenvalue weighted by Gasteiger charge is 2.32. The molecule has 0 saturated carbocycles. The average Bonchev–Trinajstić information content (AvgIpc) is 3.01. The van der Waals surface area contributed by atoms with Gasteiger partial charge >= 0.3 is 0 Å². The summed E-state index contributed by atoms with van der Waals surface area (Å²) >= 11 is 0. The Kier molecular flexibility index (Phi) is 5.77. The molecule has 40 heavy (non-hydrogen) atoms. The molecule has 0 aromatic heterocycles. The second-order valence-corrected chi connectivity index (χ2v) is 9.85. The normalized spacial score (nSPS) is 12.2. The molecule has 0 aliphatic carbocycles. The van der Waals surface area contributed by atoms with E-state index in [1.807, 2.05) is 12.1 Å². The topological polar surface area (TPSA) is 27.7 Å². The van der Waals surface area contributed by atoms with Gasteiger partial charge in [0.2, 0.25) is 0 Å². The lowest BCUT2D eigenvalue weighted by Crippen LogP contribution is -2.13. The Balaban J connectivity index is 1.54. The van der Waals surface area contributed by atoms with Crippen molar-refractivity contribution in [3.8, 4) is 47.7 Å². The van der Waals surface area contributed by atoms with Gasteiger partial charge in [-0.2, -0.15) is 0 Å². The predicted octanol–water partition coefficient (Wildman–Crippen LogP) is 8.46. The van der Waals surface area contributed by atoms with E-state index in [4.69, 9.17) is 27.1 Å². The largest absolute Gasteiger partial charge is 0.481 e. The highest BCUT2D eigenvalue weighted by atomic mass is 16.5. The van der Waals surface area contributed by atoms with Gasteiger partial charge in [0, 0.05) is 17.0 Å². The van der Waals surface area contributed by atoms with E-state index in [0.29, 0.717) is 0 Å². The van der Waals surface area contributed by atoms with Crippen LogP contribution < -0.4 is 14.2 Å². The molecular weight excluding hydrogens is 492 g/mol. The molecule has 1 aliphatic heterocycles. The molecule has 0 unspecified atom stereocenters. The number of hydrogen-bond donors (Lipinski definition) is 0. The minimum Gasteiger partial charge on any atom is -0.481 e. The third-order valence-electron chi connectivity index (χ3n) is 7.54. The second-order valence-electron chi connectivity index (χ2n) is 9.85. The zero-order chi connectivity index (χ0) is 27.1. The summed E-state index contributed by atoms with van der Waals surface area (Å²) in [7, 11) is 0. The number of benzene rings is 6. The maximum Gasteiger partial charge on any atom is 0.148 e. The van der Waals surface area contributed by atoms with Crippen LogP contribution in [0.3, 0.4) is 0 Å². The Morgan fingerprint density at radius 2 is 1.10 bits per heavy atom. The van der Waals surface area contributed by atoms with Crippen molar-refractivity contribution < 1.29 is 14.2 Å². The Morgan fingerprint density at radius 3 is 1.68 bits per heavy atom.